The molecule has 0 radical (unpaired) electrons. The second-order valence-corrected chi connectivity index (χ2v) is 10.1. The molecule has 0 aliphatic carbocycles. The highest BCUT2D eigenvalue weighted by atomic mass is 16.5. The predicted molar refractivity (Wildman–Crippen MR) is 153 cm³/mol. The zero-order valence-electron chi connectivity index (χ0n) is 23.7. The number of ether oxygens (including phenoxy) is 2. The van der Waals surface area contributed by atoms with Crippen molar-refractivity contribution in [3.8, 4) is 5.75 Å². The molecule has 0 aliphatic rings. The van der Waals surface area contributed by atoms with Crippen molar-refractivity contribution < 1.29 is 24.2 Å². The summed E-state index contributed by atoms with van der Waals surface area (Å²) in [6, 6.07) is 15.3. The summed E-state index contributed by atoms with van der Waals surface area (Å²) >= 11 is 0. The van der Waals surface area contributed by atoms with Crippen LogP contribution in [0.3, 0.4) is 0 Å². The van der Waals surface area contributed by atoms with Gasteiger partial charge in [0.2, 0.25) is 0 Å². The van der Waals surface area contributed by atoms with Gasteiger partial charge in [0.1, 0.15) is 12.4 Å². The molecule has 1 atom stereocenters. The van der Waals surface area contributed by atoms with E-state index in [2.05, 4.69) is 45.1 Å². The molecule has 210 valence electrons. The molecular weight excluding hydrogens is 480 g/mol. The Bertz CT molecular complexity index is 953. The SMILES string of the molecule is CCCC(CCC)CN(CCOc1ccc(CC(OCC)C(=O)O)cc1)C(=O)Nc1ccc(C(C)C)cc1. The molecule has 0 bridgehead atoms. The van der Waals surface area contributed by atoms with Gasteiger partial charge < -0.3 is 24.8 Å². The second-order valence-electron chi connectivity index (χ2n) is 10.1. The maximum Gasteiger partial charge on any atom is 0.333 e. The standard InChI is InChI=1S/C31H46N2O5/c1-6-9-25(10-7-2)22-33(31(36)32-27-15-13-26(14-16-27)23(4)5)19-20-38-28-17-11-24(12-18-28)21-29(30(34)35)37-8-3/h11-18,23,25,29H,6-10,19-22H2,1-5H3,(H,32,36)(H,34,35). The Hall–Kier alpha value is -3.06. The van der Waals surface area contributed by atoms with Gasteiger partial charge in [-0.2, -0.15) is 0 Å². The first-order valence-electron chi connectivity index (χ1n) is 14.0. The van der Waals surface area contributed by atoms with E-state index in [0.717, 1.165) is 36.9 Å². The number of urea groups is 1. The van der Waals surface area contributed by atoms with Crippen molar-refractivity contribution in [1.82, 2.24) is 4.90 Å². The van der Waals surface area contributed by atoms with E-state index in [4.69, 9.17) is 9.47 Å². The molecule has 2 amide bonds. The Balaban J connectivity index is 2.01. The van der Waals surface area contributed by atoms with Crippen LogP contribution in [0.5, 0.6) is 5.75 Å². The van der Waals surface area contributed by atoms with Gasteiger partial charge in [-0.15, -0.1) is 0 Å². The number of hydrogen-bond acceptors (Lipinski definition) is 4. The number of amides is 2. The molecule has 2 aromatic carbocycles. The summed E-state index contributed by atoms with van der Waals surface area (Å²) in [5.74, 6) is 0.603. The topological polar surface area (TPSA) is 88.1 Å². The summed E-state index contributed by atoms with van der Waals surface area (Å²) in [7, 11) is 0. The summed E-state index contributed by atoms with van der Waals surface area (Å²) in [5, 5.41) is 12.4. The average molecular weight is 527 g/mol. The first kappa shape index (κ1) is 31.2. The van der Waals surface area contributed by atoms with Crippen LogP contribution >= 0.6 is 0 Å². The molecule has 7 heteroatoms. The van der Waals surface area contributed by atoms with E-state index in [1.165, 1.54) is 5.56 Å². The molecule has 2 aromatic rings. The van der Waals surface area contributed by atoms with Gasteiger partial charge in [-0.25, -0.2) is 9.59 Å². The number of aliphatic carboxylic acids is 1. The largest absolute Gasteiger partial charge is 0.492 e. The van der Waals surface area contributed by atoms with Crippen LogP contribution in [0.15, 0.2) is 48.5 Å². The number of carbonyl (C=O) groups is 2. The van der Waals surface area contributed by atoms with Crippen molar-refractivity contribution in [2.24, 2.45) is 5.92 Å². The van der Waals surface area contributed by atoms with Crippen molar-refractivity contribution >= 4 is 17.7 Å². The van der Waals surface area contributed by atoms with Crippen LogP contribution in [0.2, 0.25) is 0 Å². The number of anilines is 1. The van der Waals surface area contributed by atoms with E-state index in [1.807, 2.05) is 41.3 Å². The summed E-state index contributed by atoms with van der Waals surface area (Å²) in [6.45, 7) is 12.3. The molecule has 1 unspecified atom stereocenters. The van der Waals surface area contributed by atoms with Crippen LogP contribution in [0.4, 0.5) is 10.5 Å². The molecular formula is C31H46N2O5. The molecule has 38 heavy (non-hydrogen) atoms. The third-order valence-electron chi connectivity index (χ3n) is 6.61. The second kappa shape index (κ2) is 16.7. The van der Waals surface area contributed by atoms with Gasteiger partial charge in [0, 0.05) is 25.3 Å². The van der Waals surface area contributed by atoms with Crippen LogP contribution in [0.25, 0.3) is 0 Å². The van der Waals surface area contributed by atoms with Crippen molar-refractivity contribution in [2.45, 2.75) is 78.7 Å². The molecule has 0 heterocycles. The number of nitrogens with zero attached hydrogens (tertiary/aromatic N) is 1. The predicted octanol–water partition coefficient (Wildman–Crippen LogP) is 6.97. The van der Waals surface area contributed by atoms with E-state index in [-0.39, 0.29) is 6.03 Å². The number of hydrogen-bond donors (Lipinski definition) is 2. The highest BCUT2D eigenvalue weighted by Crippen LogP contribution is 2.20. The maximum atomic E-state index is 13.3. The Kier molecular flexibility index (Phi) is 13.7. The smallest absolute Gasteiger partial charge is 0.333 e. The lowest BCUT2D eigenvalue weighted by Gasteiger charge is -2.28. The fourth-order valence-electron chi connectivity index (χ4n) is 4.51. The third kappa shape index (κ3) is 10.7. The summed E-state index contributed by atoms with van der Waals surface area (Å²) in [6.07, 6.45) is 3.78. The Morgan fingerprint density at radius 2 is 1.58 bits per heavy atom. The third-order valence-corrected chi connectivity index (χ3v) is 6.61. The van der Waals surface area contributed by atoms with Gasteiger partial charge in [-0.1, -0.05) is 64.8 Å². The van der Waals surface area contributed by atoms with Crippen molar-refractivity contribution in [2.75, 3.05) is 31.6 Å². The highest BCUT2D eigenvalue weighted by molar-refractivity contribution is 5.89. The minimum absolute atomic E-state index is 0.117. The Morgan fingerprint density at radius 1 is 0.947 bits per heavy atom. The maximum absolute atomic E-state index is 13.3. The molecule has 0 aromatic heterocycles. The molecule has 0 spiro atoms. The number of benzene rings is 2. The molecule has 0 fully saturated rings. The minimum atomic E-state index is -0.967. The Morgan fingerprint density at radius 3 is 2.11 bits per heavy atom. The molecule has 2 N–H and O–H groups in total. The van der Waals surface area contributed by atoms with Gasteiger partial charge in [0.15, 0.2) is 6.10 Å². The number of nitrogens with one attached hydrogen (secondary N) is 1. The molecule has 7 nitrogen and oxygen atoms in total. The van der Waals surface area contributed by atoms with Crippen molar-refractivity contribution in [3.63, 3.8) is 0 Å². The van der Waals surface area contributed by atoms with Crippen LogP contribution in [0, 0.1) is 5.92 Å². The Labute approximate surface area is 228 Å². The van der Waals surface area contributed by atoms with E-state index in [1.54, 1.807) is 6.92 Å². The first-order valence-corrected chi connectivity index (χ1v) is 14.0. The fraction of sp³-hybridized carbons (Fsp3) is 0.548. The summed E-state index contributed by atoms with van der Waals surface area (Å²) in [4.78, 5) is 26.5. The highest BCUT2D eigenvalue weighted by Gasteiger charge is 2.20. The zero-order valence-corrected chi connectivity index (χ0v) is 23.7. The zero-order chi connectivity index (χ0) is 27.9. The summed E-state index contributed by atoms with van der Waals surface area (Å²) < 4.78 is 11.3. The van der Waals surface area contributed by atoms with Gasteiger partial charge in [0.05, 0.1) is 6.54 Å². The van der Waals surface area contributed by atoms with Gasteiger partial charge in [0.25, 0.3) is 0 Å². The van der Waals surface area contributed by atoms with E-state index < -0.39 is 12.1 Å². The lowest BCUT2D eigenvalue weighted by Crippen LogP contribution is -2.41. The monoisotopic (exact) mass is 526 g/mol. The lowest BCUT2D eigenvalue weighted by atomic mass is 9.98. The van der Waals surface area contributed by atoms with Gasteiger partial charge >= 0.3 is 12.0 Å². The molecule has 0 saturated heterocycles. The number of rotatable bonds is 17. The molecule has 0 saturated carbocycles. The fourth-order valence-corrected chi connectivity index (χ4v) is 4.51. The van der Waals surface area contributed by atoms with Gasteiger partial charge in [-0.05, 0) is 67.0 Å². The van der Waals surface area contributed by atoms with Crippen LogP contribution < -0.4 is 10.1 Å². The quantitative estimate of drug-likeness (QED) is 0.232. The van der Waals surface area contributed by atoms with E-state index in [9.17, 15) is 14.7 Å². The lowest BCUT2D eigenvalue weighted by molar-refractivity contribution is -0.149. The van der Waals surface area contributed by atoms with E-state index in [0.29, 0.717) is 50.3 Å². The number of carbonyl (C=O) groups excluding carboxylic acids is 1. The molecule has 2 rings (SSSR count). The minimum Gasteiger partial charge on any atom is -0.492 e. The number of carboxylic acid groups (broad SMARTS) is 1. The van der Waals surface area contributed by atoms with Crippen molar-refractivity contribution in [1.29, 1.82) is 0 Å². The summed E-state index contributed by atoms with van der Waals surface area (Å²) in [5.41, 5.74) is 2.89. The normalized spacial score (nSPS) is 12.0. The van der Waals surface area contributed by atoms with Gasteiger partial charge in [-0.3, -0.25) is 0 Å². The van der Waals surface area contributed by atoms with Crippen molar-refractivity contribution in [3.05, 3.63) is 59.7 Å². The van der Waals surface area contributed by atoms with Crippen LogP contribution in [0.1, 0.15) is 77.3 Å². The molecule has 0 aliphatic heterocycles. The van der Waals surface area contributed by atoms with Crippen LogP contribution in [-0.2, 0) is 16.0 Å². The number of carboxylic acids is 1. The van der Waals surface area contributed by atoms with Crippen LogP contribution in [-0.4, -0.2) is 54.4 Å². The van der Waals surface area contributed by atoms with E-state index >= 15 is 0 Å². The average Bonchev–Trinajstić information content (AvgIpc) is 2.89. The first-order chi connectivity index (χ1) is 18.3.